The Labute approximate surface area is 195 Å². The number of pyridine rings is 1. The third-order valence-electron chi connectivity index (χ3n) is 6.59. The minimum absolute atomic E-state index is 0.0499. The molecule has 2 fully saturated rings. The second kappa shape index (κ2) is 10.5. The highest BCUT2D eigenvalue weighted by Gasteiger charge is 2.29. The number of carbonyl (C=O) groups excluding carboxylic acids is 2. The zero-order valence-electron chi connectivity index (χ0n) is 18.6. The Bertz CT molecular complexity index is 941. The van der Waals surface area contributed by atoms with Gasteiger partial charge in [0.05, 0.1) is 0 Å². The van der Waals surface area contributed by atoms with Crippen LogP contribution in [0, 0.1) is 5.92 Å². The van der Waals surface area contributed by atoms with E-state index >= 15 is 0 Å². The van der Waals surface area contributed by atoms with Gasteiger partial charge >= 0.3 is 0 Å². The zero-order valence-corrected chi connectivity index (χ0v) is 19.4. The molecule has 6 nitrogen and oxygen atoms in total. The molecule has 0 radical (unpaired) electrons. The summed E-state index contributed by atoms with van der Waals surface area (Å²) in [5, 5.41) is 3.27. The van der Waals surface area contributed by atoms with Gasteiger partial charge in [-0.1, -0.05) is 18.5 Å². The smallest absolute Gasteiger partial charge is 0.253 e. The largest absolute Gasteiger partial charge is 0.348 e. The third kappa shape index (κ3) is 5.67. The number of halogens is 1. The standard InChI is InChI=1S/C25H31ClN4O2/c1-18-3-2-12-30(17-18)22-9-13-29(14-10-22)25(32)21-6-4-20(5-7-21)24(31)28-16-19-8-11-27-23(26)15-19/h4-8,11,15,18,22H,2-3,9-10,12-14,16-17H2,1H3,(H,28,31). The summed E-state index contributed by atoms with van der Waals surface area (Å²) < 4.78 is 0. The molecule has 0 aliphatic carbocycles. The molecule has 3 heterocycles. The molecule has 2 aliphatic heterocycles. The van der Waals surface area contributed by atoms with Crippen molar-refractivity contribution in [1.29, 1.82) is 0 Å². The van der Waals surface area contributed by atoms with E-state index in [1.165, 1.54) is 25.9 Å². The van der Waals surface area contributed by atoms with E-state index < -0.39 is 0 Å². The van der Waals surface area contributed by atoms with Crippen molar-refractivity contribution in [3.8, 4) is 0 Å². The molecule has 1 atom stereocenters. The van der Waals surface area contributed by atoms with Gasteiger partial charge in [-0.15, -0.1) is 0 Å². The SMILES string of the molecule is CC1CCCN(C2CCN(C(=O)c3ccc(C(=O)NCc4ccnc(Cl)c4)cc3)CC2)C1. The molecule has 1 unspecified atom stereocenters. The topological polar surface area (TPSA) is 65.5 Å². The van der Waals surface area contributed by atoms with Crippen molar-refractivity contribution in [2.24, 2.45) is 5.92 Å². The first-order valence-electron chi connectivity index (χ1n) is 11.5. The Morgan fingerprint density at radius 1 is 1.06 bits per heavy atom. The van der Waals surface area contributed by atoms with Crippen LogP contribution in [0.5, 0.6) is 0 Å². The van der Waals surface area contributed by atoms with Crippen LogP contribution in [0.25, 0.3) is 0 Å². The van der Waals surface area contributed by atoms with Gasteiger partial charge in [0.2, 0.25) is 0 Å². The molecule has 1 aromatic carbocycles. The lowest BCUT2D eigenvalue weighted by molar-refractivity contribution is 0.0541. The number of hydrogen-bond acceptors (Lipinski definition) is 4. The Morgan fingerprint density at radius 3 is 2.47 bits per heavy atom. The quantitative estimate of drug-likeness (QED) is 0.693. The van der Waals surface area contributed by atoms with Crippen LogP contribution in [0.3, 0.4) is 0 Å². The molecule has 2 amide bonds. The zero-order chi connectivity index (χ0) is 22.5. The number of hydrogen-bond donors (Lipinski definition) is 1. The summed E-state index contributed by atoms with van der Waals surface area (Å²) in [7, 11) is 0. The van der Waals surface area contributed by atoms with E-state index in [-0.39, 0.29) is 11.8 Å². The molecule has 4 rings (SSSR count). The average molecular weight is 455 g/mol. The van der Waals surface area contributed by atoms with Crippen LogP contribution < -0.4 is 5.32 Å². The maximum Gasteiger partial charge on any atom is 0.253 e. The average Bonchev–Trinajstić information content (AvgIpc) is 2.82. The van der Waals surface area contributed by atoms with Gasteiger partial charge in [-0.05, 0) is 80.1 Å². The Hall–Kier alpha value is -2.44. The molecular weight excluding hydrogens is 424 g/mol. The number of aromatic nitrogens is 1. The molecule has 0 saturated carbocycles. The maximum atomic E-state index is 13.0. The molecule has 32 heavy (non-hydrogen) atoms. The fourth-order valence-corrected chi connectivity index (χ4v) is 4.97. The molecular formula is C25H31ClN4O2. The third-order valence-corrected chi connectivity index (χ3v) is 6.80. The molecule has 1 aromatic heterocycles. The van der Waals surface area contributed by atoms with Crippen LogP contribution in [-0.2, 0) is 6.54 Å². The van der Waals surface area contributed by atoms with E-state index in [4.69, 9.17) is 11.6 Å². The summed E-state index contributed by atoms with van der Waals surface area (Å²) in [4.78, 5) is 33.9. The second-order valence-corrected chi connectivity index (χ2v) is 9.40. The Balaban J connectivity index is 1.28. The van der Waals surface area contributed by atoms with Gasteiger partial charge in [0.1, 0.15) is 5.15 Å². The summed E-state index contributed by atoms with van der Waals surface area (Å²) in [6, 6.07) is 11.1. The van der Waals surface area contributed by atoms with Gasteiger partial charge in [-0.25, -0.2) is 4.98 Å². The van der Waals surface area contributed by atoms with Crippen molar-refractivity contribution in [1.82, 2.24) is 20.1 Å². The van der Waals surface area contributed by atoms with Crippen molar-refractivity contribution in [2.75, 3.05) is 26.2 Å². The van der Waals surface area contributed by atoms with Crippen LogP contribution >= 0.6 is 11.6 Å². The van der Waals surface area contributed by atoms with Crippen molar-refractivity contribution in [2.45, 2.75) is 45.2 Å². The van der Waals surface area contributed by atoms with Crippen LogP contribution in [-0.4, -0.2) is 58.8 Å². The van der Waals surface area contributed by atoms with E-state index in [0.29, 0.717) is 28.9 Å². The number of nitrogens with zero attached hydrogens (tertiary/aromatic N) is 3. The summed E-state index contributed by atoms with van der Waals surface area (Å²) in [5.41, 5.74) is 2.04. The van der Waals surface area contributed by atoms with E-state index in [9.17, 15) is 9.59 Å². The van der Waals surface area contributed by atoms with E-state index in [1.54, 1.807) is 36.5 Å². The number of nitrogens with one attached hydrogen (secondary N) is 1. The van der Waals surface area contributed by atoms with Gasteiger partial charge in [0, 0.05) is 49.5 Å². The number of likely N-dealkylation sites (tertiary alicyclic amines) is 2. The number of benzene rings is 1. The number of rotatable bonds is 5. The lowest BCUT2D eigenvalue weighted by Crippen LogP contribution is -2.49. The maximum absolute atomic E-state index is 13.0. The highest BCUT2D eigenvalue weighted by molar-refractivity contribution is 6.29. The molecule has 2 aliphatic rings. The molecule has 7 heteroatoms. The molecule has 0 spiro atoms. The van der Waals surface area contributed by atoms with Gasteiger partial charge in [0.25, 0.3) is 11.8 Å². The van der Waals surface area contributed by atoms with Gasteiger partial charge in [0.15, 0.2) is 0 Å². The van der Waals surface area contributed by atoms with Crippen molar-refractivity contribution in [3.63, 3.8) is 0 Å². The van der Waals surface area contributed by atoms with Crippen molar-refractivity contribution in [3.05, 3.63) is 64.4 Å². The van der Waals surface area contributed by atoms with Gasteiger partial charge in [-0.3, -0.25) is 14.5 Å². The highest BCUT2D eigenvalue weighted by atomic mass is 35.5. The van der Waals surface area contributed by atoms with Crippen molar-refractivity contribution >= 4 is 23.4 Å². The van der Waals surface area contributed by atoms with Crippen LogP contribution in [0.2, 0.25) is 5.15 Å². The molecule has 1 N–H and O–H groups in total. The Morgan fingerprint density at radius 2 is 1.78 bits per heavy atom. The van der Waals surface area contributed by atoms with E-state index in [0.717, 1.165) is 37.4 Å². The number of piperidine rings is 2. The fraction of sp³-hybridized carbons (Fsp3) is 0.480. The monoisotopic (exact) mass is 454 g/mol. The fourth-order valence-electron chi connectivity index (χ4n) is 4.78. The first-order chi connectivity index (χ1) is 15.5. The summed E-state index contributed by atoms with van der Waals surface area (Å²) in [6.45, 7) is 6.68. The lowest BCUT2D eigenvalue weighted by atomic mass is 9.95. The predicted molar refractivity (Wildman–Crippen MR) is 126 cm³/mol. The summed E-state index contributed by atoms with van der Waals surface area (Å²) in [5.74, 6) is 0.643. The Kier molecular flexibility index (Phi) is 7.43. The highest BCUT2D eigenvalue weighted by Crippen LogP contribution is 2.24. The van der Waals surface area contributed by atoms with E-state index in [1.807, 2.05) is 11.0 Å². The van der Waals surface area contributed by atoms with Crippen molar-refractivity contribution < 1.29 is 9.59 Å². The number of carbonyl (C=O) groups is 2. The van der Waals surface area contributed by atoms with E-state index in [2.05, 4.69) is 22.1 Å². The first kappa shape index (κ1) is 22.7. The lowest BCUT2D eigenvalue weighted by Gasteiger charge is -2.41. The predicted octanol–water partition coefficient (Wildman–Crippen LogP) is 4.00. The summed E-state index contributed by atoms with van der Waals surface area (Å²) in [6.07, 6.45) is 6.31. The molecule has 2 saturated heterocycles. The summed E-state index contributed by atoms with van der Waals surface area (Å²) >= 11 is 5.88. The van der Waals surface area contributed by atoms with Gasteiger partial charge < -0.3 is 10.2 Å². The van der Waals surface area contributed by atoms with Crippen LogP contribution in [0.15, 0.2) is 42.6 Å². The second-order valence-electron chi connectivity index (χ2n) is 9.01. The minimum Gasteiger partial charge on any atom is -0.348 e. The molecule has 170 valence electrons. The molecule has 0 bridgehead atoms. The van der Waals surface area contributed by atoms with Crippen LogP contribution in [0.1, 0.15) is 58.9 Å². The van der Waals surface area contributed by atoms with Crippen LogP contribution in [0.4, 0.5) is 0 Å². The minimum atomic E-state index is -0.187. The van der Waals surface area contributed by atoms with Gasteiger partial charge in [-0.2, -0.15) is 0 Å². The number of amides is 2. The first-order valence-corrected chi connectivity index (χ1v) is 11.9. The normalized spacial score (nSPS) is 20.2. The molecule has 2 aromatic rings.